The molecule has 1 aliphatic carbocycles. The molecule has 28 heavy (non-hydrogen) atoms. The van der Waals surface area contributed by atoms with Gasteiger partial charge in [0.25, 0.3) is 0 Å². The Kier molecular flexibility index (Phi) is 5.27. The van der Waals surface area contributed by atoms with E-state index in [1.54, 1.807) is 0 Å². The molecule has 1 amide bonds. The van der Waals surface area contributed by atoms with Crippen molar-refractivity contribution in [3.05, 3.63) is 108 Å². The zero-order chi connectivity index (χ0) is 19.4. The fraction of sp³-hybridized carbons (Fsp3) is 0.240. The molecule has 0 radical (unpaired) electrons. The molecule has 2 N–H and O–H groups in total. The van der Waals surface area contributed by atoms with Crippen LogP contribution in [0.4, 0.5) is 0 Å². The van der Waals surface area contributed by atoms with Crippen molar-refractivity contribution < 1.29 is 4.79 Å². The number of carbonyl (C=O) groups excluding carboxylic acids is 1. The van der Waals surface area contributed by atoms with E-state index in [1.807, 2.05) is 42.5 Å². The van der Waals surface area contributed by atoms with Crippen molar-refractivity contribution in [3.8, 4) is 0 Å². The second-order valence-corrected chi connectivity index (χ2v) is 7.74. The maximum Gasteiger partial charge on any atom is 0.228 e. The summed E-state index contributed by atoms with van der Waals surface area (Å²) in [7, 11) is 0. The molecule has 3 heteroatoms. The van der Waals surface area contributed by atoms with Crippen LogP contribution in [0.5, 0.6) is 0 Å². The lowest BCUT2D eigenvalue weighted by atomic mass is 9.92. The quantitative estimate of drug-likeness (QED) is 0.648. The largest absolute Gasteiger partial charge is 0.369 e. The van der Waals surface area contributed by atoms with E-state index >= 15 is 0 Å². The second-order valence-electron chi connectivity index (χ2n) is 7.74. The highest BCUT2D eigenvalue weighted by Crippen LogP contribution is 2.54. The summed E-state index contributed by atoms with van der Waals surface area (Å²) in [6.45, 7) is 2.56. The van der Waals surface area contributed by atoms with Crippen molar-refractivity contribution >= 4 is 5.91 Å². The van der Waals surface area contributed by atoms with Crippen molar-refractivity contribution in [1.82, 2.24) is 4.90 Å². The van der Waals surface area contributed by atoms with E-state index in [2.05, 4.69) is 53.4 Å². The molecule has 3 aromatic rings. The van der Waals surface area contributed by atoms with E-state index in [0.717, 1.165) is 31.6 Å². The maximum absolute atomic E-state index is 12.4. The van der Waals surface area contributed by atoms with Gasteiger partial charge < -0.3 is 5.73 Å². The van der Waals surface area contributed by atoms with Crippen LogP contribution in [-0.4, -0.2) is 17.4 Å². The summed E-state index contributed by atoms with van der Waals surface area (Å²) in [6.07, 6.45) is 0.826. The van der Waals surface area contributed by atoms with Gasteiger partial charge in [-0.1, -0.05) is 91.0 Å². The summed E-state index contributed by atoms with van der Waals surface area (Å²) in [6, 6.07) is 31.0. The molecule has 0 heterocycles. The number of hydrogen-bond donors (Lipinski definition) is 1. The molecular weight excluding hydrogens is 344 g/mol. The number of nitrogens with zero attached hydrogens (tertiary/aromatic N) is 1. The minimum Gasteiger partial charge on any atom is -0.369 e. The Hall–Kier alpha value is -2.91. The van der Waals surface area contributed by atoms with Gasteiger partial charge in [0, 0.05) is 19.6 Å². The van der Waals surface area contributed by atoms with Crippen molar-refractivity contribution in [2.24, 2.45) is 11.7 Å². The number of carbonyl (C=O) groups is 1. The van der Waals surface area contributed by atoms with Crippen LogP contribution in [-0.2, 0) is 23.3 Å². The van der Waals surface area contributed by atoms with Crippen LogP contribution in [0.25, 0.3) is 0 Å². The summed E-state index contributed by atoms with van der Waals surface area (Å²) in [4.78, 5) is 14.8. The van der Waals surface area contributed by atoms with Crippen molar-refractivity contribution in [2.45, 2.75) is 24.9 Å². The van der Waals surface area contributed by atoms with Gasteiger partial charge in [-0.3, -0.25) is 9.69 Å². The summed E-state index contributed by atoms with van der Waals surface area (Å²) < 4.78 is 0. The zero-order valence-electron chi connectivity index (χ0n) is 16.0. The Morgan fingerprint density at radius 3 is 1.75 bits per heavy atom. The van der Waals surface area contributed by atoms with E-state index in [-0.39, 0.29) is 11.8 Å². The number of nitrogens with two attached hydrogens (primary N) is 1. The fourth-order valence-corrected chi connectivity index (χ4v) is 4.26. The molecule has 0 bridgehead atoms. The summed E-state index contributed by atoms with van der Waals surface area (Å²) >= 11 is 0. The third kappa shape index (κ3) is 3.85. The first-order chi connectivity index (χ1) is 13.7. The Morgan fingerprint density at radius 1 is 0.821 bits per heavy atom. The highest BCUT2D eigenvalue weighted by molar-refractivity contribution is 5.90. The first-order valence-electron chi connectivity index (χ1n) is 9.84. The number of primary amides is 1. The average Bonchev–Trinajstić information content (AvgIpc) is 3.45. The average molecular weight is 370 g/mol. The smallest absolute Gasteiger partial charge is 0.228 e. The van der Waals surface area contributed by atoms with Crippen LogP contribution in [0, 0.1) is 5.92 Å². The monoisotopic (exact) mass is 370 g/mol. The SMILES string of the molecule is NC(=O)[C@]1(c2ccccc2)C[C@H]1CN(Cc1ccccc1)Cc1ccccc1. The van der Waals surface area contributed by atoms with Gasteiger partial charge in [0.1, 0.15) is 0 Å². The second kappa shape index (κ2) is 7.99. The van der Waals surface area contributed by atoms with E-state index in [4.69, 9.17) is 5.73 Å². The van der Waals surface area contributed by atoms with Gasteiger partial charge >= 0.3 is 0 Å². The summed E-state index contributed by atoms with van der Waals surface area (Å²) in [5.74, 6) is 0.0443. The normalized spacial score (nSPS) is 20.8. The first-order valence-corrected chi connectivity index (χ1v) is 9.84. The molecular formula is C25H26N2O. The third-order valence-corrected chi connectivity index (χ3v) is 5.81. The standard InChI is InChI=1S/C25H26N2O/c26-24(28)25(22-14-8-3-9-15-22)16-23(25)19-27(17-20-10-4-1-5-11-20)18-21-12-6-2-7-13-21/h1-15,23H,16-19H2,(H2,26,28)/t23-,25-/m0/s1. The van der Waals surface area contributed by atoms with Crippen LogP contribution in [0.1, 0.15) is 23.1 Å². The Bertz CT molecular complexity index is 870. The lowest BCUT2D eigenvalue weighted by molar-refractivity contribution is -0.120. The fourth-order valence-electron chi connectivity index (χ4n) is 4.26. The van der Waals surface area contributed by atoms with E-state index < -0.39 is 5.41 Å². The van der Waals surface area contributed by atoms with E-state index in [9.17, 15) is 4.79 Å². The summed E-state index contributed by atoms with van der Waals surface area (Å²) in [5, 5.41) is 0. The predicted octanol–water partition coefficient (Wildman–Crippen LogP) is 4.13. The van der Waals surface area contributed by atoms with Crippen molar-refractivity contribution in [3.63, 3.8) is 0 Å². The van der Waals surface area contributed by atoms with Crippen LogP contribution < -0.4 is 5.73 Å². The van der Waals surface area contributed by atoms with Crippen LogP contribution in [0.3, 0.4) is 0 Å². The molecule has 1 fully saturated rings. The molecule has 142 valence electrons. The van der Waals surface area contributed by atoms with Gasteiger partial charge in [-0.15, -0.1) is 0 Å². The minimum absolute atomic E-state index is 0.205. The molecule has 0 spiro atoms. The molecule has 4 rings (SSSR count). The molecule has 0 unspecified atom stereocenters. The number of amides is 1. The molecule has 1 saturated carbocycles. The molecule has 0 aromatic heterocycles. The molecule has 0 saturated heterocycles. The Morgan fingerprint density at radius 2 is 1.29 bits per heavy atom. The highest BCUT2D eigenvalue weighted by Gasteiger charge is 2.60. The number of rotatable bonds is 8. The van der Waals surface area contributed by atoms with E-state index in [0.29, 0.717) is 0 Å². The molecule has 1 aliphatic rings. The lowest BCUT2D eigenvalue weighted by Gasteiger charge is -2.24. The van der Waals surface area contributed by atoms with Gasteiger partial charge in [-0.2, -0.15) is 0 Å². The van der Waals surface area contributed by atoms with Crippen LogP contribution in [0.2, 0.25) is 0 Å². The lowest BCUT2D eigenvalue weighted by Crippen LogP contribution is -2.34. The highest BCUT2D eigenvalue weighted by atomic mass is 16.1. The van der Waals surface area contributed by atoms with Gasteiger partial charge in [0.15, 0.2) is 0 Å². The molecule has 3 aromatic carbocycles. The Labute approximate surface area is 166 Å². The molecule has 2 atom stereocenters. The van der Waals surface area contributed by atoms with Crippen molar-refractivity contribution in [2.75, 3.05) is 6.54 Å². The number of benzene rings is 3. The summed E-state index contributed by atoms with van der Waals surface area (Å²) in [5.41, 5.74) is 8.97. The topological polar surface area (TPSA) is 46.3 Å². The number of hydrogen-bond acceptors (Lipinski definition) is 2. The zero-order valence-corrected chi connectivity index (χ0v) is 16.0. The molecule has 3 nitrogen and oxygen atoms in total. The third-order valence-electron chi connectivity index (χ3n) is 5.81. The van der Waals surface area contributed by atoms with E-state index in [1.165, 1.54) is 11.1 Å². The first kappa shape index (κ1) is 18.5. The van der Waals surface area contributed by atoms with Crippen LogP contribution in [0.15, 0.2) is 91.0 Å². The van der Waals surface area contributed by atoms with Crippen LogP contribution >= 0.6 is 0 Å². The molecule has 0 aliphatic heterocycles. The predicted molar refractivity (Wildman–Crippen MR) is 112 cm³/mol. The van der Waals surface area contributed by atoms with Gasteiger partial charge in [-0.05, 0) is 29.0 Å². The Balaban J connectivity index is 1.54. The maximum atomic E-state index is 12.4. The van der Waals surface area contributed by atoms with Crippen molar-refractivity contribution in [1.29, 1.82) is 0 Å². The van der Waals surface area contributed by atoms with Gasteiger partial charge in [-0.25, -0.2) is 0 Å². The van der Waals surface area contributed by atoms with Gasteiger partial charge in [0.05, 0.1) is 5.41 Å². The minimum atomic E-state index is -0.521. The van der Waals surface area contributed by atoms with Gasteiger partial charge in [0.2, 0.25) is 5.91 Å².